The molecule has 2 heterocycles. The number of piperazine rings is 1. The second-order valence-electron chi connectivity index (χ2n) is 7.99. The van der Waals surface area contributed by atoms with Crippen molar-refractivity contribution in [2.24, 2.45) is 0 Å². The van der Waals surface area contributed by atoms with Crippen molar-refractivity contribution in [3.8, 4) is 11.5 Å². The smallest absolute Gasteiger partial charge is 0.298 e. The van der Waals surface area contributed by atoms with Crippen LogP contribution in [-0.4, -0.2) is 50.7 Å². The molecule has 164 valence electrons. The number of carbonyl (C=O) groups is 1. The maximum atomic E-state index is 10.7. The normalized spacial score (nSPS) is 14.7. The number of benzene rings is 3. The molecule has 32 heavy (non-hydrogen) atoms. The maximum absolute atomic E-state index is 10.7. The number of hydrogen-bond acceptors (Lipinski definition) is 6. The molecule has 0 saturated carbocycles. The second kappa shape index (κ2) is 9.59. The molecule has 0 radical (unpaired) electrons. The van der Waals surface area contributed by atoms with E-state index in [1.807, 2.05) is 41.7 Å². The third-order valence-corrected chi connectivity index (χ3v) is 6.94. The molecule has 4 aromatic rings. The van der Waals surface area contributed by atoms with E-state index in [9.17, 15) is 4.79 Å². The summed E-state index contributed by atoms with van der Waals surface area (Å²) in [7, 11) is 0. The molecule has 6 heteroatoms. The van der Waals surface area contributed by atoms with E-state index < -0.39 is 0 Å². The van der Waals surface area contributed by atoms with Crippen molar-refractivity contribution < 1.29 is 14.3 Å². The summed E-state index contributed by atoms with van der Waals surface area (Å²) in [6.45, 7) is 6.47. The number of carbonyl (C=O) groups excluding carboxylic acids is 1. The summed E-state index contributed by atoms with van der Waals surface area (Å²) in [4.78, 5) is 15.7. The van der Waals surface area contributed by atoms with Gasteiger partial charge in [-0.05, 0) is 59.7 Å². The van der Waals surface area contributed by atoms with Crippen LogP contribution in [0.1, 0.15) is 6.42 Å². The number of thiophene rings is 1. The SMILES string of the molecule is O=COc1cccc2cc(OCCCN3CCN(c4cccc5sccc45)CC3)ccc12. The van der Waals surface area contributed by atoms with Crippen LogP contribution in [0.4, 0.5) is 5.69 Å². The first-order chi connectivity index (χ1) is 15.8. The van der Waals surface area contributed by atoms with Gasteiger partial charge in [0.15, 0.2) is 0 Å². The summed E-state index contributed by atoms with van der Waals surface area (Å²) in [5, 5.41) is 5.46. The molecule has 1 aliphatic heterocycles. The van der Waals surface area contributed by atoms with E-state index in [2.05, 4.69) is 39.4 Å². The van der Waals surface area contributed by atoms with Crippen LogP contribution >= 0.6 is 11.3 Å². The third-order valence-electron chi connectivity index (χ3n) is 6.06. The lowest BCUT2D eigenvalue weighted by Crippen LogP contribution is -2.46. The van der Waals surface area contributed by atoms with E-state index in [1.54, 1.807) is 6.07 Å². The molecule has 5 nitrogen and oxygen atoms in total. The average Bonchev–Trinajstić information content (AvgIpc) is 3.32. The number of fused-ring (bicyclic) bond motifs is 2. The predicted molar refractivity (Wildman–Crippen MR) is 131 cm³/mol. The summed E-state index contributed by atoms with van der Waals surface area (Å²) >= 11 is 1.81. The van der Waals surface area contributed by atoms with Gasteiger partial charge < -0.3 is 14.4 Å². The summed E-state index contributed by atoms with van der Waals surface area (Å²) in [5.74, 6) is 1.41. The topological polar surface area (TPSA) is 42.0 Å². The zero-order valence-corrected chi connectivity index (χ0v) is 18.7. The zero-order valence-electron chi connectivity index (χ0n) is 17.9. The largest absolute Gasteiger partial charge is 0.494 e. The maximum Gasteiger partial charge on any atom is 0.298 e. The van der Waals surface area contributed by atoms with Crippen LogP contribution in [0.5, 0.6) is 11.5 Å². The molecule has 0 atom stereocenters. The second-order valence-corrected chi connectivity index (χ2v) is 8.94. The molecule has 0 unspecified atom stereocenters. The van der Waals surface area contributed by atoms with E-state index in [1.165, 1.54) is 15.8 Å². The molecule has 5 rings (SSSR count). The monoisotopic (exact) mass is 446 g/mol. The highest BCUT2D eigenvalue weighted by Crippen LogP contribution is 2.31. The molecule has 1 saturated heterocycles. The highest BCUT2D eigenvalue weighted by molar-refractivity contribution is 7.17. The summed E-state index contributed by atoms with van der Waals surface area (Å²) < 4.78 is 12.4. The fourth-order valence-corrected chi connectivity index (χ4v) is 5.23. The lowest BCUT2D eigenvalue weighted by atomic mass is 10.1. The van der Waals surface area contributed by atoms with Crippen LogP contribution in [0, 0.1) is 0 Å². The first-order valence-corrected chi connectivity index (χ1v) is 11.9. The molecule has 0 aliphatic carbocycles. The van der Waals surface area contributed by atoms with Gasteiger partial charge in [0, 0.05) is 53.9 Å². The third kappa shape index (κ3) is 4.42. The van der Waals surface area contributed by atoms with Gasteiger partial charge in [0.2, 0.25) is 0 Å². The number of nitrogens with zero attached hydrogens (tertiary/aromatic N) is 2. The van der Waals surface area contributed by atoms with Crippen molar-refractivity contribution in [1.82, 2.24) is 4.90 Å². The Labute approximate surface area is 191 Å². The minimum Gasteiger partial charge on any atom is -0.494 e. The van der Waals surface area contributed by atoms with Crippen LogP contribution in [0.15, 0.2) is 66.0 Å². The lowest BCUT2D eigenvalue weighted by molar-refractivity contribution is -0.120. The van der Waals surface area contributed by atoms with Gasteiger partial charge in [-0.25, -0.2) is 0 Å². The lowest BCUT2D eigenvalue weighted by Gasteiger charge is -2.36. The van der Waals surface area contributed by atoms with Crippen molar-refractivity contribution in [3.63, 3.8) is 0 Å². The van der Waals surface area contributed by atoms with E-state index in [0.717, 1.165) is 55.7 Å². The standard InChI is InChI=1S/C26H26N2O3S/c29-19-31-25-6-1-4-20-18-21(8-9-22(20)25)30-16-3-11-27-12-14-28(15-13-27)24-5-2-7-26-23(24)10-17-32-26/h1-2,4-10,17-19H,3,11-16H2. The molecule has 1 fully saturated rings. The Balaban J connectivity index is 1.10. The van der Waals surface area contributed by atoms with Gasteiger partial charge in [-0.3, -0.25) is 9.69 Å². The highest BCUT2D eigenvalue weighted by Gasteiger charge is 2.18. The van der Waals surface area contributed by atoms with Crippen molar-refractivity contribution in [3.05, 3.63) is 66.0 Å². The first-order valence-electron chi connectivity index (χ1n) is 11.0. The molecule has 0 amide bonds. The number of hydrogen-bond donors (Lipinski definition) is 0. The van der Waals surface area contributed by atoms with Crippen LogP contribution in [0.25, 0.3) is 20.9 Å². The van der Waals surface area contributed by atoms with Crippen LogP contribution < -0.4 is 14.4 Å². The van der Waals surface area contributed by atoms with Crippen molar-refractivity contribution in [1.29, 1.82) is 0 Å². The molecule has 0 bridgehead atoms. The molecule has 0 N–H and O–H groups in total. The van der Waals surface area contributed by atoms with Crippen LogP contribution in [0.3, 0.4) is 0 Å². The fourth-order valence-electron chi connectivity index (χ4n) is 4.42. The van der Waals surface area contributed by atoms with E-state index in [4.69, 9.17) is 9.47 Å². The van der Waals surface area contributed by atoms with E-state index in [-0.39, 0.29) is 0 Å². The van der Waals surface area contributed by atoms with Gasteiger partial charge >= 0.3 is 0 Å². The van der Waals surface area contributed by atoms with Gasteiger partial charge in [-0.2, -0.15) is 0 Å². The Kier molecular flexibility index (Phi) is 6.23. The molecular weight excluding hydrogens is 420 g/mol. The van der Waals surface area contributed by atoms with E-state index >= 15 is 0 Å². The predicted octanol–water partition coefficient (Wildman–Crippen LogP) is 5.18. The quantitative estimate of drug-likeness (QED) is 0.276. The van der Waals surface area contributed by atoms with Crippen molar-refractivity contribution >= 4 is 44.4 Å². The zero-order chi connectivity index (χ0) is 21.8. The molecule has 1 aliphatic rings. The number of anilines is 1. The summed E-state index contributed by atoms with van der Waals surface area (Å²) in [5.41, 5.74) is 1.37. The Morgan fingerprint density at radius 2 is 1.81 bits per heavy atom. The molecule has 0 spiro atoms. The molecule has 1 aromatic heterocycles. The number of rotatable bonds is 8. The Hall–Kier alpha value is -3.09. The Morgan fingerprint density at radius 1 is 0.938 bits per heavy atom. The van der Waals surface area contributed by atoms with Gasteiger partial charge in [0.05, 0.1) is 6.61 Å². The van der Waals surface area contributed by atoms with Crippen molar-refractivity contribution in [2.75, 3.05) is 44.2 Å². The first kappa shape index (κ1) is 20.8. The summed E-state index contributed by atoms with van der Waals surface area (Å²) in [6, 6.07) is 20.4. The van der Waals surface area contributed by atoms with Gasteiger partial charge in [0.25, 0.3) is 6.47 Å². The minimum atomic E-state index is 0.460. The highest BCUT2D eigenvalue weighted by atomic mass is 32.1. The molecular formula is C26H26N2O3S. The Morgan fingerprint density at radius 3 is 2.69 bits per heavy atom. The van der Waals surface area contributed by atoms with Crippen LogP contribution in [0.2, 0.25) is 0 Å². The summed E-state index contributed by atoms with van der Waals surface area (Å²) in [6.07, 6.45) is 0.993. The van der Waals surface area contributed by atoms with Crippen LogP contribution in [-0.2, 0) is 4.79 Å². The average molecular weight is 447 g/mol. The molecule has 3 aromatic carbocycles. The fraction of sp³-hybridized carbons (Fsp3) is 0.269. The Bertz CT molecular complexity index is 1210. The minimum absolute atomic E-state index is 0.460. The van der Waals surface area contributed by atoms with Gasteiger partial charge in [-0.15, -0.1) is 11.3 Å². The van der Waals surface area contributed by atoms with E-state index in [0.29, 0.717) is 18.8 Å². The van der Waals surface area contributed by atoms with Gasteiger partial charge in [-0.1, -0.05) is 18.2 Å². The van der Waals surface area contributed by atoms with Gasteiger partial charge in [0.1, 0.15) is 11.5 Å². The van der Waals surface area contributed by atoms with Crippen molar-refractivity contribution in [2.45, 2.75) is 6.42 Å². The number of ether oxygens (including phenoxy) is 2.